The van der Waals surface area contributed by atoms with Crippen LogP contribution < -0.4 is 10.5 Å². The summed E-state index contributed by atoms with van der Waals surface area (Å²) >= 11 is 1.63. The second kappa shape index (κ2) is 5.52. The fraction of sp³-hybridized carbons (Fsp3) is 0.462. The van der Waals surface area contributed by atoms with Crippen molar-refractivity contribution in [2.45, 2.75) is 26.8 Å². The van der Waals surface area contributed by atoms with E-state index in [0.29, 0.717) is 6.54 Å². The van der Waals surface area contributed by atoms with Gasteiger partial charge in [0.05, 0.1) is 29.1 Å². The van der Waals surface area contributed by atoms with Crippen LogP contribution in [0.2, 0.25) is 0 Å². The van der Waals surface area contributed by atoms with Crippen LogP contribution in [0.3, 0.4) is 0 Å². The van der Waals surface area contributed by atoms with E-state index >= 15 is 0 Å². The molecule has 2 aromatic rings. The number of rotatable bonds is 4. The number of nitrogens with zero attached hydrogens (tertiary/aromatic N) is 4. The molecule has 0 radical (unpaired) electrons. The Balaban J connectivity index is 2.31. The molecule has 0 aliphatic rings. The normalized spacial score (nSPS) is 10.7. The van der Waals surface area contributed by atoms with E-state index in [1.165, 1.54) is 4.68 Å². The number of anilines is 1. The van der Waals surface area contributed by atoms with Crippen LogP contribution >= 0.6 is 11.3 Å². The van der Waals surface area contributed by atoms with Crippen molar-refractivity contribution >= 4 is 17.0 Å². The van der Waals surface area contributed by atoms with Gasteiger partial charge in [-0.15, -0.1) is 11.3 Å². The molecule has 0 saturated heterocycles. The summed E-state index contributed by atoms with van der Waals surface area (Å²) in [6.45, 7) is 4.56. The lowest BCUT2D eigenvalue weighted by Gasteiger charge is -2.12. The van der Waals surface area contributed by atoms with Crippen LogP contribution in [0.4, 0.5) is 5.69 Å². The molecule has 0 N–H and O–H groups in total. The van der Waals surface area contributed by atoms with Gasteiger partial charge in [0.2, 0.25) is 0 Å². The van der Waals surface area contributed by atoms with Crippen molar-refractivity contribution in [3.63, 3.8) is 0 Å². The molecule has 6 heteroatoms. The van der Waals surface area contributed by atoms with Crippen LogP contribution in [-0.2, 0) is 13.0 Å². The summed E-state index contributed by atoms with van der Waals surface area (Å²) in [6, 6.07) is 1.60. The average Bonchev–Trinajstić information content (AvgIpc) is 2.71. The van der Waals surface area contributed by atoms with E-state index in [0.717, 1.165) is 27.7 Å². The van der Waals surface area contributed by atoms with Gasteiger partial charge in [0, 0.05) is 25.0 Å². The van der Waals surface area contributed by atoms with E-state index < -0.39 is 0 Å². The molecule has 0 saturated carbocycles. The van der Waals surface area contributed by atoms with Gasteiger partial charge < -0.3 is 4.90 Å². The van der Waals surface area contributed by atoms with Crippen LogP contribution in [0.5, 0.6) is 0 Å². The smallest absolute Gasteiger partial charge is 0.269 e. The largest absolute Gasteiger partial charge is 0.376 e. The Hall–Kier alpha value is -1.69. The van der Waals surface area contributed by atoms with Crippen molar-refractivity contribution in [1.82, 2.24) is 14.8 Å². The highest BCUT2D eigenvalue weighted by Gasteiger charge is 2.10. The highest BCUT2D eigenvalue weighted by atomic mass is 32.1. The van der Waals surface area contributed by atoms with Gasteiger partial charge in [-0.2, -0.15) is 5.10 Å². The number of thiazole rings is 1. The Morgan fingerprint density at radius 1 is 1.42 bits per heavy atom. The topological polar surface area (TPSA) is 51.0 Å². The maximum atomic E-state index is 12.0. The second-order valence-corrected chi connectivity index (χ2v) is 5.85. The summed E-state index contributed by atoms with van der Waals surface area (Å²) in [4.78, 5) is 19.5. The molecular weight excluding hydrogens is 260 g/mol. The zero-order valence-electron chi connectivity index (χ0n) is 11.7. The Morgan fingerprint density at radius 2 is 2.16 bits per heavy atom. The molecule has 2 aromatic heterocycles. The second-order valence-electron chi connectivity index (χ2n) is 4.56. The first-order valence-corrected chi connectivity index (χ1v) is 7.02. The molecule has 0 aliphatic carbocycles. The van der Waals surface area contributed by atoms with Gasteiger partial charge in [0.25, 0.3) is 5.56 Å². The predicted octanol–water partition coefficient (Wildman–Crippen LogP) is 1.68. The average molecular weight is 278 g/mol. The summed E-state index contributed by atoms with van der Waals surface area (Å²) in [6.07, 6.45) is 2.59. The Morgan fingerprint density at radius 3 is 2.74 bits per heavy atom. The first kappa shape index (κ1) is 13.7. The van der Waals surface area contributed by atoms with Crippen molar-refractivity contribution < 1.29 is 0 Å². The SMILES string of the molecule is CCc1nc(C)sc1Cn1ncc(N(C)C)cc1=O. The molecule has 2 rings (SSSR count). The van der Waals surface area contributed by atoms with Gasteiger partial charge in [-0.1, -0.05) is 6.92 Å². The number of hydrogen-bond donors (Lipinski definition) is 0. The Kier molecular flexibility index (Phi) is 3.99. The summed E-state index contributed by atoms with van der Waals surface area (Å²) < 4.78 is 1.49. The molecule has 0 spiro atoms. The quantitative estimate of drug-likeness (QED) is 0.854. The predicted molar refractivity (Wildman–Crippen MR) is 78.2 cm³/mol. The molecule has 19 heavy (non-hydrogen) atoms. The van der Waals surface area contributed by atoms with Crippen LogP contribution in [-0.4, -0.2) is 28.9 Å². The summed E-state index contributed by atoms with van der Waals surface area (Å²) in [7, 11) is 3.78. The number of aromatic nitrogens is 3. The summed E-state index contributed by atoms with van der Waals surface area (Å²) in [5.41, 5.74) is 1.80. The lowest BCUT2D eigenvalue weighted by Crippen LogP contribution is -2.24. The molecule has 0 aliphatic heterocycles. The lowest BCUT2D eigenvalue weighted by atomic mass is 10.3. The molecular formula is C13H18N4OS. The molecule has 0 atom stereocenters. The molecule has 0 aromatic carbocycles. The third kappa shape index (κ3) is 3.01. The van der Waals surface area contributed by atoms with E-state index in [2.05, 4.69) is 17.0 Å². The fourth-order valence-electron chi connectivity index (χ4n) is 1.84. The van der Waals surface area contributed by atoms with Crippen molar-refractivity contribution in [2.24, 2.45) is 0 Å². The van der Waals surface area contributed by atoms with Crippen molar-refractivity contribution in [2.75, 3.05) is 19.0 Å². The maximum Gasteiger partial charge on any atom is 0.269 e. The summed E-state index contributed by atoms with van der Waals surface area (Å²) in [5.74, 6) is 0. The van der Waals surface area contributed by atoms with Gasteiger partial charge >= 0.3 is 0 Å². The van der Waals surface area contributed by atoms with Gasteiger partial charge in [0.15, 0.2) is 0 Å². The molecule has 0 unspecified atom stereocenters. The lowest BCUT2D eigenvalue weighted by molar-refractivity contribution is 0.640. The van der Waals surface area contributed by atoms with Crippen LogP contribution in [0.1, 0.15) is 22.5 Å². The molecule has 5 nitrogen and oxygen atoms in total. The fourth-order valence-corrected chi connectivity index (χ4v) is 2.84. The molecule has 2 heterocycles. The molecule has 102 valence electrons. The van der Waals surface area contributed by atoms with Gasteiger partial charge in [-0.05, 0) is 13.3 Å². The Labute approximate surface area is 116 Å². The highest BCUT2D eigenvalue weighted by Crippen LogP contribution is 2.19. The third-order valence-electron chi connectivity index (χ3n) is 2.88. The minimum Gasteiger partial charge on any atom is -0.376 e. The van der Waals surface area contributed by atoms with Gasteiger partial charge in [-0.25, -0.2) is 9.67 Å². The van der Waals surface area contributed by atoms with E-state index in [4.69, 9.17) is 0 Å². The number of hydrogen-bond acceptors (Lipinski definition) is 5. The first-order chi connectivity index (χ1) is 9.01. The molecule has 0 bridgehead atoms. The molecule has 0 amide bonds. The first-order valence-electron chi connectivity index (χ1n) is 6.21. The Bertz CT molecular complexity index is 630. The van der Waals surface area contributed by atoms with Crippen LogP contribution in [0.25, 0.3) is 0 Å². The maximum absolute atomic E-state index is 12.0. The van der Waals surface area contributed by atoms with E-state index in [9.17, 15) is 4.79 Å². The standard InChI is InChI=1S/C13H18N4OS/c1-5-11-12(19-9(2)15-11)8-17-13(18)6-10(7-14-17)16(3)4/h6-7H,5,8H2,1-4H3. The zero-order valence-corrected chi connectivity index (χ0v) is 12.5. The minimum absolute atomic E-state index is 0.0840. The number of aryl methyl sites for hydroxylation is 2. The van der Waals surface area contributed by atoms with Crippen molar-refractivity contribution in [1.29, 1.82) is 0 Å². The summed E-state index contributed by atoms with van der Waals surface area (Å²) in [5, 5.41) is 5.25. The molecule has 0 fully saturated rings. The van der Waals surface area contributed by atoms with E-state index in [1.54, 1.807) is 23.6 Å². The van der Waals surface area contributed by atoms with Crippen LogP contribution in [0.15, 0.2) is 17.1 Å². The van der Waals surface area contributed by atoms with E-state index in [-0.39, 0.29) is 5.56 Å². The zero-order chi connectivity index (χ0) is 14.0. The third-order valence-corrected chi connectivity index (χ3v) is 3.88. The van der Waals surface area contributed by atoms with E-state index in [1.807, 2.05) is 25.9 Å². The monoisotopic (exact) mass is 278 g/mol. The van der Waals surface area contributed by atoms with Gasteiger partial charge in [0.1, 0.15) is 0 Å². The highest BCUT2D eigenvalue weighted by molar-refractivity contribution is 7.11. The van der Waals surface area contributed by atoms with Crippen molar-refractivity contribution in [3.05, 3.63) is 38.2 Å². The van der Waals surface area contributed by atoms with Gasteiger partial charge in [-0.3, -0.25) is 4.79 Å². The minimum atomic E-state index is -0.0840. The van der Waals surface area contributed by atoms with Crippen LogP contribution in [0, 0.1) is 6.92 Å². The van der Waals surface area contributed by atoms with Crippen molar-refractivity contribution in [3.8, 4) is 0 Å².